The minimum atomic E-state index is -0.430. The molecule has 2 aliphatic rings. The standard InChI is InChI=1S/C14H27NO/c1-10-5-7-15-13(8-10)14(16)6-4-11(2)12(3)9-14/h10-13,15-16H,4-9H2,1-3H3. The monoisotopic (exact) mass is 225 g/mol. The number of piperidine rings is 1. The lowest BCUT2D eigenvalue weighted by Gasteiger charge is -2.46. The molecule has 0 aromatic heterocycles. The van der Waals surface area contributed by atoms with Gasteiger partial charge in [-0.3, -0.25) is 0 Å². The van der Waals surface area contributed by atoms with E-state index in [9.17, 15) is 5.11 Å². The minimum absolute atomic E-state index is 0.339. The van der Waals surface area contributed by atoms with Gasteiger partial charge in [-0.1, -0.05) is 20.8 Å². The van der Waals surface area contributed by atoms with Crippen LogP contribution in [0.25, 0.3) is 0 Å². The average Bonchev–Trinajstić information content (AvgIpc) is 2.24. The molecule has 2 fully saturated rings. The van der Waals surface area contributed by atoms with Gasteiger partial charge in [-0.15, -0.1) is 0 Å². The number of hydrogen-bond acceptors (Lipinski definition) is 2. The zero-order valence-corrected chi connectivity index (χ0v) is 11.0. The summed E-state index contributed by atoms with van der Waals surface area (Å²) in [6.45, 7) is 8.01. The number of nitrogens with one attached hydrogen (secondary N) is 1. The molecule has 0 aromatic rings. The summed E-state index contributed by atoms with van der Waals surface area (Å²) in [7, 11) is 0. The van der Waals surface area contributed by atoms with Crippen molar-refractivity contribution in [3.8, 4) is 0 Å². The van der Waals surface area contributed by atoms with Gasteiger partial charge in [0.25, 0.3) is 0 Å². The van der Waals surface area contributed by atoms with Crippen LogP contribution in [0.1, 0.15) is 52.9 Å². The molecule has 1 saturated carbocycles. The molecular formula is C14H27NO. The highest BCUT2D eigenvalue weighted by Gasteiger charge is 2.43. The van der Waals surface area contributed by atoms with Crippen molar-refractivity contribution < 1.29 is 5.11 Å². The van der Waals surface area contributed by atoms with E-state index in [0.29, 0.717) is 12.0 Å². The summed E-state index contributed by atoms with van der Waals surface area (Å²) >= 11 is 0. The fourth-order valence-corrected chi connectivity index (χ4v) is 3.46. The fourth-order valence-electron chi connectivity index (χ4n) is 3.46. The van der Waals surface area contributed by atoms with Crippen LogP contribution in [0.4, 0.5) is 0 Å². The topological polar surface area (TPSA) is 32.3 Å². The Morgan fingerprint density at radius 1 is 1.12 bits per heavy atom. The Bertz CT molecular complexity index is 243. The van der Waals surface area contributed by atoms with Gasteiger partial charge >= 0.3 is 0 Å². The van der Waals surface area contributed by atoms with E-state index in [-0.39, 0.29) is 0 Å². The van der Waals surface area contributed by atoms with Crippen molar-refractivity contribution in [1.82, 2.24) is 5.32 Å². The Kier molecular flexibility index (Phi) is 3.60. The van der Waals surface area contributed by atoms with E-state index in [0.717, 1.165) is 37.6 Å². The Morgan fingerprint density at radius 3 is 2.50 bits per heavy atom. The van der Waals surface area contributed by atoms with Crippen LogP contribution in [0.3, 0.4) is 0 Å². The summed E-state index contributed by atoms with van der Waals surface area (Å²) in [5.41, 5.74) is -0.430. The average molecular weight is 225 g/mol. The van der Waals surface area contributed by atoms with Crippen molar-refractivity contribution in [3.63, 3.8) is 0 Å². The lowest BCUT2D eigenvalue weighted by atomic mass is 9.68. The molecule has 0 bridgehead atoms. The Morgan fingerprint density at radius 2 is 1.88 bits per heavy atom. The summed E-state index contributed by atoms with van der Waals surface area (Å²) in [5.74, 6) is 2.21. The van der Waals surface area contributed by atoms with Crippen LogP contribution < -0.4 is 5.32 Å². The second-order valence-electron chi connectivity index (χ2n) is 6.44. The number of aliphatic hydroxyl groups is 1. The SMILES string of the molecule is CC1CCNC(C2(O)CCC(C)C(C)C2)C1. The van der Waals surface area contributed by atoms with E-state index in [1.165, 1.54) is 12.8 Å². The first-order valence-corrected chi connectivity index (χ1v) is 6.97. The molecule has 0 radical (unpaired) electrons. The molecule has 1 saturated heterocycles. The van der Waals surface area contributed by atoms with Crippen molar-refractivity contribution in [1.29, 1.82) is 0 Å². The van der Waals surface area contributed by atoms with E-state index >= 15 is 0 Å². The molecule has 94 valence electrons. The van der Waals surface area contributed by atoms with Crippen molar-refractivity contribution in [2.75, 3.05) is 6.54 Å². The van der Waals surface area contributed by atoms with Gasteiger partial charge in [0, 0.05) is 6.04 Å². The first kappa shape index (κ1) is 12.4. The molecule has 2 heteroatoms. The Labute approximate surface area is 99.8 Å². The summed E-state index contributed by atoms with van der Waals surface area (Å²) in [4.78, 5) is 0. The molecule has 1 aliphatic heterocycles. The first-order valence-electron chi connectivity index (χ1n) is 6.97. The second-order valence-corrected chi connectivity index (χ2v) is 6.44. The highest BCUT2D eigenvalue weighted by molar-refractivity contribution is 4.98. The summed E-state index contributed by atoms with van der Waals surface area (Å²) in [6, 6.07) is 0.339. The van der Waals surface area contributed by atoms with Gasteiger partial charge in [-0.25, -0.2) is 0 Å². The van der Waals surface area contributed by atoms with Crippen LogP contribution in [0, 0.1) is 17.8 Å². The summed E-state index contributed by atoms with van der Waals surface area (Å²) in [5, 5.41) is 14.4. The van der Waals surface area contributed by atoms with Gasteiger partial charge in [0.1, 0.15) is 0 Å². The van der Waals surface area contributed by atoms with Gasteiger partial charge in [0.2, 0.25) is 0 Å². The highest BCUT2D eigenvalue weighted by Crippen LogP contribution is 2.40. The van der Waals surface area contributed by atoms with Crippen molar-refractivity contribution in [2.45, 2.75) is 64.5 Å². The van der Waals surface area contributed by atoms with E-state index in [4.69, 9.17) is 0 Å². The third-order valence-electron chi connectivity index (χ3n) is 4.99. The smallest absolute Gasteiger partial charge is 0.0802 e. The predicted molar refractivity (Wildman–Crippen MR) is 67.3 cm³/mol. The fraction of sp³-hybridized carbons (Fsp3) is 1.00. The van der Waals surface area contributed by atoms with Gasteiger partial charge < -0.3 is 10.4 Å². The molecule has 1 aliphatic carbocycles. The molecule has 2 nitrogen and oxygen atoms in total. The molecule has 0 amide bonds. The van der Waals surface area contributed by atoms with Crippen LogP contribution >= 0.6 is 0 Å². The van der Waals surface area contributed by atoms with Crippen LogP contribution in [-0.2, 0) is 0 Å². The third-order valence-corrected chi connectivity index (χ3v) is 4.99. The zero-order chi connectivity index (χ0) is 11.8. The molecule has 5 atom stereocenters. The second kappa shape index (κ2) is 4.66. The Hall–Kier alpha value is -0.0800. The van der Waals surface area contributed by atoms with Crippen LogP contribution in [0.5, 0.6) is 0 Å². The van der Waals surface area contributed by atoms with Gasteiger partial charge in [-0.2, -0.15) is 0 Å². The maximum Gasteiger partial charge on any atom is 0.0802 e. The van der Waals surface area contributed by atoms with Crippen molar-refractivity contribution in [3.05, 3.63) is 0 Å². The summed E-state index contributed by atoms with van der Waals surface area (Å²) in [6.07, 6.45) is 5.57. The van der Waals surface area contributed by atoms with Gasteiger partial charge in [0.15, 0.2) is 0 Å². The van der Waals surface area contributed by atoms with E-state index < -0.39 is 5.60 Å². The predicted octanol–water partition coefficient (Wildman–Crippen LogP) is 2.56. The van der Waals surface area contributed by atoms with E-state index in [1.807, 2.05) is 0 Å². The molecule has 1 heterocycles. The van der Waals surface area contributed by atoms with Crippen LogP contribution in [0.15, 0.2) is 0 Å². The molecule has 0 aromatic carbocycles. The molecule has 2 N–H and O–H groups in total. The molecule has 16 heavy (non-hydrogen) atoms. The van der Waals surface area contributed by atoms with Crippen LogP contribution in [0.2, 0.25) is 0 Å². The van der Waals surface area contributed by atoms with Crippen molar-refractivity contribution >= 4 is 0 Å². The lowest BCUT2D eigenvalue weighted by Crippen LogP contribution is -2.56. The first-order chi connectivity index (χ1) is 7.51. The minimum Gasteiger partial charge on any atom is -0.388 e. The molecule has 0 spiro atoms. The molecule has 2 rings (SSSR count). The summed E-state index contributed by atoms with van der Waals surface area (Å²) < 4.78 is 0. The normalized spacial score (nSPS) is 50.2. The zero-order valence-electron chi connectivity index (χ0n) is 11.0. The molecular weight excluding hydrogens is 198 g/mol. The van der Waals surface area contributed by atoms with Gasteiger partial charge in [0.05, 0.1) is 5.60 Å². The number of rotatable bonds is 1. The van der Waals surface area contributed by atoms with Crippen LogP contribution in [-0.4, -0.2) is 23.3 Å². The highest BCUT2D eigenvalue weighted by atomic mass is 16.3. The van der Waals surface area contributed by atoms with E-state index in [2.05, 4.69) is 26.1 Å². The Balaban J connectivity index is 2.01. The quantitative estimate of drug-likeness (QED) is 0.719. The number of hydrogen-bond donors (Lipinski definition) is 2. The third kappa shape index (κ3) is 2.43. The largest absolute Gasteiger partial charge is 0.388 e. The van der Waals surface area contributed by atoms with Crippen molar-refractivity contribution in [2.24, 2.45) is 17.8 Å². The van der Waals surface area contributed by atoms with E-state index in [1.54, 1.807) is 0 Å². The lowest BCUT2D eigenvalue weighted by molar-refractivity contribution is -0.0676. The maximum atomic E-state index is 10.8. The maximum absolute atomic E-state index is 10.8. The van der Waals surface area contributed by atoms with Gasteiger partial charge in [-0.05, 0) is 56.4 Å². The molecule has 5 unspecified atom stereocenters.